The molecule has 1 aliphatic carbocycles. The van der Waals surface area contributed by atoms with Crippen LogP contribution in [0.1, 0.15) is 163 Å². The molecule has 0 aromatic heterocycles. The van der Waals surface area contributed by atoms with Crippen molar-refractivity contribution in [2.75, 3.05) is 6.61 Å². The zero-order valence-electron chi connectivity index (χ0n) is 30.4. The van der Waals surface area contributed by atoms with Crippen LogP contribution in [-0.4, -0.2) is 59.3 Å². The molecule has 1 N–H and O–H groups in total. The van der Waals surface area contributed by atoms with E-state index < -0.39 is 0 Å². The molecule has 48 heavy (non-hydrogen) atoms. The summed E-state index contributed by atoms with van der Waals surface area (Å²) in [5.74, 6) is 0.853. The third-order valence-electron chi connectivity index (χ3n) is 6.60. The Morgan fingerprint density at radius 2 is 1.02 bits per heavy atom. The minimum absolute atomic E-state index is 0. The maximum absolute atomic E-state index is 11.5. The van der Waals surface area contributed by atoms with Gasteiger partial charge in [0.25, 0.3) is 0 Å². The van der Waals surface area contributed by atoms with Gasteiger partial charge >= 0.3 is 0 Å². The molecule has 0 spiro atoms. The first-order valence-electron chi connectivity index (χ1n) is 17.1. The first kappa shape index (κ1) is 57.8. The van der Waals surface area contributed by atoms with Crippen LogP contribution < -0.4 is 0 Å². The molecule has 3 rings (SSSR count). The summed E-state index contributed by atoms with van der Waals surface area (Å²) < 4.78 is 10.00. The van der Waals surface area contributed by atoms with Crippen LogP contribution >= 0.6 is 0 Å². The van der Waals surface area contributed by atoms with Crippen LogP contribution in [0, 0.1) is 0 Å². The summed E-state index contributed by atoms with van der Waals surface area (Å²) in [5.41, 5.74) is 1.98. The molecule has 4 atom stereocenters. The SMILES string of the molecule is C.C.C.C/C=C1\CCC/C(=C\C)C1=O.CC1OC1C(=O)C1OC1C.CC=CC(=O)C=CC.CCCC.CCCC(=O)CCC.CCCO. The van der Waals surface area contributed by atoms with E-state index in [0.717, 1.165) is 62.5 Å². The molecule has 2 heterocycles. The van der Waals surface area contributed by atoms with Gasteiger partial charge in [0.1, 0.15) is 18.0 Å². The van der Waals surface area contributed by atoms with Gasteiger partial charge in [0.2, 0.25) is 0 Å². The van der Waals surface area contributed by atoms with Crippen LogP contribution in [0.5, 0.6) is 0 Å². The van der Waals surface area contributed by atoms with E-state index in [1.54, 1.807) is 12.2 Å². The van der Waals surface area contributed by atoms with Crippen LogP contribution in [0.4, 0.5) is 0 Å². The fourth-order valence-electron chi connectivity index (χ4n) is 3.65. The van der Waals surface area contributed by atoms with Crippen molar-refractivity contribution in [3.8, 4) is 0 Å². The Bertz CT molecular complexity index is 857. The van der Waals surface area contributed by atoms with Gasteiger partial charge in [-0.25, -0.2) is 0 Å². The number of aliphatic hydroxyl groups is 1. The van der Waals surface area contributed by atoms with Gasteiger partial charge in [-0.1, -0.05) is 94.0 Å². The third-order valence-corrected chi connectivity index (χ3v) is 6.60. The lowest BCUT2D eigenvalue weighted by Gasteiger charge is -2.14. The number of unbranched alkanes of at least 4 members (excludes halogenated alkanes) is 1. The molecule has 284 valence electrons. The molecule has 3 fully saturated rings. The summed E-state index contributed by atoms with van der Waals surface area (Å²) in [4.78, 5) is 43.7. The summed E-state index contributed by atoms with van der Waals surface area (Å²) in [7, 11) is 0. The number of epoxide rings is 2. The van der Waals surface area contributed by atoms with Crippen LogP contribution in [0.15, 0.2) is 47.6 Å². The number of carbonyl (C=O) groups excluding carboxylic acids is 4. The average Bonchev–Trinajstić information content (AvgIpc) is 3.95. The molecule has 7 nitrogen and oxygen atoms in total. The minimum atomic E-state index is -0.157. The lowest BCUT2D eigenvalue weighted by molar-refractivity contribution is -0.121. The first-order chi connectivity index (χ1) is 21.4. The fraction of sp³-hybridized carbons (Fsp3) is 0.707. The summed E-state index contributed by atoms with van der Waals surface area (Å²) in [6.07, 6.45) is 20.4. The smallest absolute Gasteiger partial charge is 0.195 e. The van der Waals surface area contributed by atoms with Crippen LogP contribution in [0.2, 0.25) is 0 Å². The van der Waals surface area contributed by atoms with Gasteiger partial charge in [-0.3, -0.25) is 19.2 Å². The zero-order chi connectivity index (χ0) is 35.2. The highest BCUT2D eigenvalue weighted by Gasteiger charge is 2.52. The van der Waals surface area contributed by atoms with Crippen molar-refractivity contribution in [3.63, 3.8) is 0 Å². The molecular formula is C41H78O7. The molecule has 0 amide bonds. The van der Waals surface area contributed by atoms with Crippen molar-refractivity contribution >= 4 is 23.1 Å². The standard InChI is InChI=1S/C10H14O.C7H10O3.C7H14O.C7H10O.C4H10.C3H8O.3CH4/c1-3-8-6-5-7-9(4-2)10(8)11;1-3-6(9-3)5(8)7-4(2)10-7;2*1-3-5-7(8)6-4-2;1-3-4-2;1-2-3-4;;;/h3-4H,5-7H2,1-2H3;3-4,6-7H,1-2H3;3-6H2,1-2H3;3-6H,1-2H3;3-4H2,1-2H3;4H,2-3H2,1H3;3*1H4/b8-3+,9-4+;;;;;;;;. The number of hydrogen-bond donors (Lipinski definition) is 1. The Morgan fingerprint density at radius 3 is 1.23 bits per heavy atom. The van der Waals surface area contributed by atoms with Gasteiger partial charge in [-0.05, 0) is 103 Å². The van der Waals surface area contributed by atoms with Gasteiger partial charge in [0.05, 0.1) is 12.2 Å². The molecule has 0 radical (unpaired) electrons. The Morgan fingerprint density at radius 1 is 0.688 bits per heavy atom. The van der Waals surface area contributed by atoms with Crippen molar-refractivity contribution in [2.45, 2.75) is 187 Å². The molecule has 2 saturated heterocycles. The van der Waals surface area contributed by atoms with Gasteiger partial charge in [0, 0.05) is 19.4 Å². The van der Waals surface area contributed by atoms with Crippen LogP contribution in [0.25, 0.3) is 0 Å². The second-order valence-corrected chi connectivity index (χ2v) is 10.9. The predicted octanol–water partition coefficient (Wildman–Crippen LogP) is 10.7. The van der Waals surface area contributed by atoms with Crippen LogP contribution in [0.3, 0.4) is 0 Å². The molecule has 4 unspecified atom stereocenters. The fourth-order valence-corrected chi connectivity index (χ4v) is 3.65. The van der Waals surface area contributed by atoms with Crippen molar-refractivity contribution in [1.29, 1.82) is 0 Å². The quantitative estimate of drug-likeness (QED) is 0.180. The van der Waals surface area contributed by atoms with Crippen molar-refractivity contribution in [1.82, 2.24) is 0 Å². The molecule has 0 bridgehead atoms. The number of hydrogen-bond acceptors (Lipinski definition) is 7. The largest absolute Gasteiger partial charge is 0.396 e. The number of rotatable bonds is 10. The van der Waals surface area contributed by atoms with Gasteiger partial charge in [-0.15, -0.1) is 0 Å². The molecule has 0 aromatic rings. The molecule has 2 aliphatic heterocycles. The average molecular weight is 683 g/mol. The Hall–Kier alpha value is -2.48. The Kier molecular flexibility index (Phi) is 46.9. The predicted molar refractivity (Wildman–Crippen MR) is 208 cm³/mol. The number of ether oxygens (including phenoxy) is 2. The van der Waals surface area contributed by atoms with Crippen molar-refractivity contribution in [3.05, 3.63) is 47.6 Å². The van der Waals surface area contributed by atoms with E-state index in [9.17, 15) is 19.2 Å². The third kappa shape index (κ3) is 32.1. The highest BCUT2D eigenvalue weighted by atomic mass is 16.6. The topological polar surface area (TPSA) is 114 Å². The van der Waals surface area contributed by atoms with E-state index in [1.165, 1.54) is 25.0 Å². The Balaban J connectivity index is -0.000000113. The van der Waals surface area contributed by atoms with Gasteiger partial charge < -0.3 is 14.6 Å². The van der Waals surface area contributed by atoms with E-state index >= 15 is 0 Å². The maximum Gasteiger partial charge on any atom is 0.195 e. The van der Waals surface area contributed by atoms with Gasteiger partial charge in [-0.2, -0.15) is 0 Å². The minimum Gasteiger partial charge on any atom is -0.396 e. The number of carbonyl (C=O) groups is 4. The number of aliphatic hydroxyl groups excluding tert-OH is 1. The molecular weight excluding hydrogens is 604 g/mol. The summed E-state index contributed by atoms with van der Waals surface area (Å²) in [6.45, 7) is 22.0. The molecule has 1 saturated carbocycles. The molecule has 0 aromatic carbocycles. The molecule has 3 aliphatic rings. The zero-order valence-corrected chi connectivity index (χ0v) is 30.4. The summed E-state index contributed by atoms with van der Waals surface area (Å²) in [5, 5.41) is 7.88. The number of Topliss-reactive ketones (excluding diaryl/α,β-unsaturated/α-hetero) is 3. The lowest BCUT2D eigenvalue weighted by Crippen LogP contribution is -2.16. The second kappa shape index (κ2) is 39.0. The van der Waals surface area contributed by atoms with E-state index in [-0.39, 0.29) is 64.0 Å². The van der Waals surface area contributed by atoms with Gasteiger partial charge in [0.15, 0.2) is 17.3 Å². The highest BCUT2D eigenvalue weighted by molar-refractivity contribution is 6.08. The number of allylic oxidation sites excluding steroid dienone is 8. The first-order valence-corrected chi connectivity index (χ1v) is 17.1. The van der Waals surface area contributed by atoms with Crippen LogP contribution in [-0.2, 0) is 28.7 Å². The maximum atomic E-state index is 11.5. The van der Waals surface area contributed by atoms with E-state index in [2.05, 4.69) is 13.8 Å². The summed E-state index contributed by atoms with van der Waals surface area (Å²) >= 11 is 0. The normalized spacial score (nSPS) is 21.3. The monoisotopic (exact) mass is 683 g/mol. The Labute approximate surface area is 297 Å². The highest BCUT2D eigenvalue weighted by Crippen LogP contribution is 2.31. The number of ketones is 4. The van der Waals surface area contributed by atoms with Crippen molar-refractivity contribution < 1.29 is 33.8 Å². The van der Waals surface area contributed by atoms with Crippen molar-refractivity contribution in [2.24, 2.45) is 0 Å². The molecule has 7 heteroatoms. The van der Waals surface area contributed by atoms with E-state index in [0.29, 0.717) is 12.4 Å². The summed E-state index contributed by atoms with van der Waals surface area (Å²) in [6, 6.07) is 0. The lowest BCUT2D eigenvalue weighted by atomic mass is 9.89. The van der Waals surface area contributed by atoms with E-state index in [4.69, 9.17) is 14.6 Å². The second-order valence-electron chi connectivity index (χ2n) is 10.9. The van der Waals surface area contributed by atoms with E-state index in [1.807, 2.05) is 74.5 Å².